The largest absolute Gasteiger partial charge is 0.342 e. The van der Waals surface area contributed by atoms with Crippen LogP contribution in [0.3, 0.4) is 0 Å². The molecule has 0 bridgehead atoms. The van der Waals surface area contributed by atoms with Crippen LogP contribution in [-0.2, 0) is 0 Å². The van der Waals surface area contributed by atoms with Crippen LogP contribution in [-0.4, -0.2) is 40.0 Å². The lowest BCUT2D eigenvalue weighted by Gasteiger charge is -2.31. The van der Waals surface area contributed by atoms with E-state index in [1.807, 2.05) is 29.2 Å². The van der Waals surface area contributed by atoms with Gasteiger partial charge in [-0.2, -0.15) is 0 Å². The third kappa shape index (κ3) is 2.60. The zero-order valence-electron chi connectivity index (χ0n) is 12.0. The van der Waals surface area contributed by atoms with Gasteiger partial charge in [-0.25, -0.2) is 9.78 Å². The molecule has 4 rings (SSSR count). The zero-order valence-corrected chi connectivity index (χ0v) is 12.0. The van der Waals surface area contributed by atoms with Crippen molar-refractivity contribution in [3.05, 3.63) is 30.1 Å². The maximum Gasteiger partial charge on any atom is 0.317 e. The van der Waals surface area contributed by atoms with Gasteiger partial charge in [0.05, 0.1) is 11.0 Å². The second kappa shape index (κ2) is 5.06. The van der Waals surface area contributed by atoms with Gasteiger partial charge in [0.1, 0.15) is 5.82 Å². The van der Waals surface area contributed by atoms with Gasteiger partial charge in [-0.15, -0.1) is 0 Å². The standard InChI is InChI=1S/C16H20N4O/c21-16(17-12-7-8-12)20-9-3-4-11(10-20)15-18-13-5-1-2-6-14(13)19-15/h1-2,5-6,11-12H,3-4,7-10H2,(H,17,21)(H,18,19). The number of urea groups is 1. The molecule has 5 nitrogen and oxygen atoms in total. The maximum atomic E-state index is 12.2. The van der Waals surface area contributed by atoms with E-state index < -0.39 is 0 Å². The first-order valence-corrected chi connectivity index (χ1v) is 7.80. The molecule has 2 aromatic rings. The predicted octanol–water partition coefficient (Wildman–Crippen LogP) is 2.61. The fourth-order valence-corrected chi connectivity index (χ4v) is 3.04. The van der Waals surface area contributed by atoms with Gasteiger partial charge in [-0.1, -0.05) is 12.1 Å². The van der Waals surface area contributed by atoms with E-state index in [1.54, 1.807) is 0 Å². The summed E-state index contributed by atoms with van der Waals surface area (Å²) in [4.78, 5) is 22.2. The van der Waals surface area contributed by atoms with Gasteiger partial charge in [0.25, 0.3) is 0 Å². The van der Waals surface area contributed by atoms with Gasteiger partial charge in [-0.05, 0) is 37.8 Å². The number of aromatic nitrogens is 2. The van der Waals surface area contributed by atoms with Crippen LogP contribution in [0, 0.1) is 0 Å². The van der Waals surface area contributed by atoms with E-state index in [0.29, 0.717) is 12.0 Å². The highest BCUT2D eigenvalue weighted by atomic mass is 16.2. The molecule has 1 aliphatic heterocycles. The summed E-state index contributed by atoms with van der Waals surface area (Å²) in [6.07, 6.45) is 4.39. The quantitative estimate of drug-likeness (QED) is 0.890. The topological polar surface area (TPSA) is 61.0 Å². The molecule has 2 N–H and O–H groups in total. The molecule has 1 aliphatic carbocycles. The first-order valence-electron chi connectivity index (χ1n) is 7.80. The SMILES string of the molecule is O=C(NC1CC1)N1CCCC(c2nc3ccccc3[nH]2)C1. The smallest absolute Gasteiger partial charge is 0.317 e. The third-order valence-corrected chi connectivity index (χ3v) is 4.41. The number of likely N-dealkylation sites (tertiary alicyclic amines) is 1. The van der Waals surface area contributed by atoms with Crippen molar-refractivity contribution in [3.63, 3.8) is 0 Å². The number of hydrogen-bond acceptors (Lipinski definition) is 2. The molecule has 0 spiro atoms. The normalized spacial score (nSPS) is 22.5. The van der Waals surface area contributed by atoms with Gasteiger partial charge in [-0.3, -0.25) is 0 Å². The van der Waals surface area contributed by atoms with E-state index in [2.05, 4.69) is 15.3 Å². The van der Waals surface area contributed by atoms with Crippen molar-refractivity contribution in [1.29, 1.82) is 0 Å². The highest BCUT2D eigenvalue weighted by Crippen LogP contribution is 2.27. The van der Waals surface area contributed by atoms with Crippen molar-refractivity contribution >= 4 is 17.1 Å². The van der Waals surface area contributed by atoms with Gasteiger partial charge in [0.15, 0.2) is 0 Å². The van der Waals surface area contributed by atoms with Crippen molar-refractivity contribution in [2.45, 2.75) is 37.6 Å². The lowest BCUT2D eigenvalue weighted by molar-refractivity contribution is 0.178. The minimum atomic E-state index is 0.0957. The number of H-pyrrole nitrogens is 1. The Morgan fingerprint density at radius 1 is 1.29 bits per heavy atom. The molecule has 5 heteroatoms. The Morgan fingerprint density at radius 2 is 2.14 bits per heavy atom. The number of nitrogens with zero attached hydrogens (tertiary/aromatic N) is 2. The second-order valence-corrected chi connectivity index (χ2v) is 6.15. The van der Waals surface area contributed by atoms with E-state index in [-0.39, 0.29) is 6.03 Å². The molecule has 1 saturated carbocycles. The van der Waals surface area contributed by atoms with Crippen molar-refractivity contribution < 1.29 is 4.79 Å². The summed E-state index contributed by atoms with van der Waals surface area (Å²) >= 11 is 0. The summed E-state index contributed by atoms with van der Waals surface area (Å²) < 4.78 is 0. The van der Waals surface area contributed by atoms with E-state index >= 15 is 0 Å². The number of carbonyl (C=O) groups is 1. The highest BCUT2D eigenvalue weighted by Gasteiger charge is 2.30. The summed E-state index contributed by atoms with van der Waals surface area (Å²) in [5.74, 6) is 1.33. The van der Waals surface area contributed by atoms with Crippen LogP contribution >= 0.6 is 0 Å². The summed E-state index contributed by atoms with van der Waals surface area (Å²) in [5, 5.41) is 3.08. The number of nitrogens with one attached hydrogen (secondary N) is 2. The van der Waals surface area contributed by atoms with Gasteiger partial charge >= 0.3 is 6.03 Å². The molecule has 1 aromatic carbocycles. The number of aromatic amines is 1. The Hall–Kier alpha value is -2.04. The number of piperidine rings is 1. The number of benzene rings is 1. The van der Waals surface area contributed by atoms with Crippen molar-refractivity contribution in [2.24, 2.45) is 0 Å². The molecule has 2 fully saturated rings. The Kier molecular flexibility index (Phi) is 3.05. The number of para-hydroxylation sites is 2. The Bertz CT molecular complexity index is 628. The Labute approximate surface area is 123 Å². The van der Waals surface area contributed by atoms with Crippen LogP contribution < -0.4 is 5.32 Å². The van der Waals surface area contributed by atoms with E-state index in [9.17, 15) is 4.79 Å². The molecule has 2 aliphatic rings. The fourth-order valence-electron chi connectivity index (χ4n) is 3.04. The fraction of sp³-hybridized carbons (Fsp3) is 0.500. The van der Waals surface area contributed by atoms with Crippen LogP contribution in [0.15, 0.2) is 24.3 Å². The number of carbonyl (C=O) groups excluding carboxylic acids is 1. The molecule has 1 saturated heterocycles. The molecule has 110 valence electrons. The summed E-state index contributed by atoms with van der Waals surface area (Å²) in [7, 11) is 0. The first kappa shape index (κ1) is 12.7. The monoisotopic (exact) mass is 284 g/mol. The van der Waals surface area contributed by atoms with Crippen LogP contribution in [0.1, 0.15) is 37.4 Å². The van der Waals surface area contributed by atoms with Crippen molar-refractivity contribution in [2.75, 3.05) is 13.1 Å². The van der Waals surface area contributed by atoms with Gasteiger partial charge in [0, 0.05) is 25.0 Å². The number of hydrogen-bond donors (Lipinski definition) is 2. The van der Waals surface area contributed by atoms with Crippen LogP contribution in [0.4, 0.5) is 4.79 Å². The second-order valence-electron chi connectivity index (χ2n) is 6.15. The minimum Gasteiger partial charge on any atom is -0.342 e. The Morgan fingerprint density at radius 3 is 2.95 bits per heavy atom. The van der Waals surface area contributed by atoms with Crippen LogP contribution in [0.2, 0.25) is 0 Å². The van der Waals surface area contributed by atoms with E-state index in [0.717, 1.165) is 55.6 Å². The average Bonchev–Trinajstić information content (AvgIpc) is 3.22. The molecular weight excluding hydrogens is 264 g/mol. The summed E-state index contributed by atoms with van der Waals surface area (Å²) in [6, 6.07) is 8.61. The Balaban J connectivity index is 1.50. The van der Waals surface area contributed by atoms with Gasteiger partial charge in [0.2, 0.25) is 0 Å². The van der Waals surface area contributed by atoms with Gasteiger partial charge < -0.3 is 15.2 Å². The molecule has 2 amide bonds. The molecule has 0 radical (unpaired) electrons. The molecule has 1 atom stereocenters. The molecule has 1 unspecified atom stereocenters. The molecular formula is C16H20N4O. The van der Waals surface area contributed by atoms with Crippen LogP contribution in [0.5, 0.6) is 0 Å². The maximum absolute atomic E-state index is 12.2. The van der Waals surface area contributed by atoms with Crippen LogP contribution in [0.25, 0.3) is 11.0 Å². The molecule has 2 heterocycles. The third-order valence-electron chi connectivity index (χ3n) is 4.41. The van der Waals surface area contributed by atoms with Crippen molar-refractivity contribution in [3.8, 4) is 0 Å². The lowest BCUT2D eigenvalue weighted by Crippen LogP contribution is -2.45. The predicted molar refractivity (Wildman–Crippen MR) is 81.2 cm³/mol. The van der Waals surface area contributed by atoms with Crippen molar-refractivity contribution in [1.82, 2.24) is 20.2 Å². The zero-order chi connectivity index (χ0) is 14.2. The summed E-state index contributed by atoms with van der Waals surface area (Å²) in [5.41, 5.74) is 2.08. The first-order chi connectivity index (χ1) is 10.3. The van der Waals surface area contributed by atoms with E-state index in [1.165, 1.54) is 0 Å². The molecule has 1 aromatic heterocycles. The number of amides is 2. The lowest BCUT2D eigenvalue weighted by atomic mass is 9.97. The highest BCUT2D eigenvalue weighted by molar-refractivity contribution is 5.76. The van der Waals surface area contributed by atoms with E-state index in [4.69, 9.17) is 0 Å². The average molecular weight is 284 g/mol. The molecule has 21 heavy (non-hydrogen) atoms. The minimum absolute atomic E-state index is 0.0957. The number of imidazole rings is 1. The number of fused-ring (bicyclic) bond motifs is 1. The summed E-state index contributed by atoms with van der Waals surface area (Å²) in [6.45, 7) is 1.62. The number of rotatable bonds is 2.